The van der Waals surface area contributed by atoms with Crippen LogP contribution in [-0.2, 0) is 9.84 Å². The van der Waals surface area contributed by atoms with Crippen LogP contribution in [0.3, 0.4) is 0 Å². The Morgan fingerprint density at radius 1 is 1.35 bits per heavy atom. The minimum atomic E-state index is -2.80. The van der Waals surface area contributed by atoms with E-state index in [4.69, 9.17) is 5.73 Å². The second-order valence-electron chi connectivity index (χ2n) is 5.85. The quantitative estimate of drug-likeness (QED) is 0.808. The Bertz CT molecular complexity index is 361. The van der Waals surface area contributed by atoms with Crippen molar-refractivity contribution < 1.29 is 8.42 Å². The summed E-state index contributed by atoms with van der Waals surface area (Å²) in [6.07, 6.45) is 4.97. The molecule has 0 amide bonds. The van der Waals surface area contributed by atoms with Gasteiger partial charge in [-0.25, -0.2) is 8.42 Å². The molecule has 1 saturated heterocycles. The average molecular weight is 260 g/mol. The molecule has 0 aromatic heterocycles. The lowest BCUT2D eigenvalue weighted by molar-refractivity contribution is 0.132. The van der Waals surface area contributed by atoms with E-state index in [2.05, 4.69) is 4.90 Å². The van der Waals surface area contributed by atoms with Crippen molar-refractivity contribution in [3.8, 4) is 0 Å². The average Bonchev–Trinajstić information content (AvgIpc) is 2.71. The fourth-order valence-electron chi connectivity index (χ4n) is 3.25. The molecule has 4 nitrogen and oxygen atoms in total. The van der Waals surface area contributed by atoms with Gasteiger partial charge in [-0.1, -0.05) is 12.8 Å². The van der Waals surface area contributed by atoms with E-state index in [0.717, 1.165) is 13.1 Å². The maximum absolute atomic E-state index is 11.5. The Morgan fingerprint density at radius 2 is 2.00 bits per heavy atom. The summed E-state index contributed by atoms with van der Waals surface area (Å²) in [6.45, 7) is 4.43. The second-order valence-corrected chi connectivity index (χ2v) is 8.07. The van der Waals surface area contributed by atoms with Crippen LogP contribution >= 0.6 is 0 Å². The number of hydrogen-bond donors (Lipinski definition) is 1. The van der Waals surface area contributed by atoms with Crippen molar-refractivity contribution in [1.29, 1.82) is 0 Å². The van der Waals surface area contributed by atoms with Crippen LogP contribution in [0, 0.1) is 5.41 Å². The summed E-state index contributed by atoms with van der Waals surface area (Å²) >= 11 is 0. The molecule has 0 radical (unpaired) electrons. The van der Waals surface area contributed by atoms with Crippen molar-refractivity contribution in [2.24, 2.45) is 11.1 Å². The van der Waals surface area contributed by atoms with Gasteiger partial charge < -0.3 is 5.73 Å². The van der Waals surface area contributed by atoms with Crippen molar-refractivity contribution in [1.82, 2.24) is 4.90 Å². The number of sulfone groups is 1. The first kappa shape index (κ1) is 13.3. The summed E-state index contributed by atoms with van der Waals surface area (Å²) in [7, 11) is -2.80. The molecule has 2 fully saturated rings. The van der Waals surface area contributed by atoms with Crippen molar-refractivity contribution >= 4 is 9.84 Å². The Labute approximate surface area is 104 Å². The first-order valence-electron chi connectivity index (χ1n) is 6.61. The fourth-order valence-corrected chi connectivity index (χ4v) is 4.88. The normalized spacial score (nSPS) is 32.7. The van der Waals surface area contributed by atoms with Gasteiger partial charge in [-0.05, 0) is 31.7 Å². The molecule has 1 atom stereocenters. The van der Waals surface area contributed by atoms with Gasteiger partial charge in [-0.15, -0.1) is 0 Å². The molecule has 0 aromatic rings. The monoisotopic (exact) mass is 260 g/mol. The van der Waals surface area contributed by atoms with Crippen LogP contribution in [-0.4, -0.2) is 50.5 Å². The molecule has 2 N–H and O–H groups in total. The number of nitrogens with zero attached hydrogens (tertiary/aromatic N) is 1. The second kappa shape index (κ2) is 4.86. The Kier molecular flexibility index (Phi) is 3.80. The number of nitrogens with two attached hydrogens (primary N) is 1. The fraction of sp³-hybridized carbons (Fsp3) is 1.00. The summed E-state index contributed by atoms with van der Waals surface area (Å²) in [5.41, 5.74) is 6.20. The minimum absolute atomic E-state index is 0.151. The van der Waals surface area contributed by atoms with Gasteiger partial charge in [0, 0.05) is 19.1 Å². The number of hydrogen-bond acceptors (Lipinski definition) is 4. The van der Waals surface area contributed by atoms with Crippen LogP contribution in [0.5, 0.6) is 0 Å². The first-order chi connectivity index (χ1) is 7.96. The van der Waals surface area contributed by atoms with Gasteiger partial charge in [0.25, 0.3) is 0 Å². The first-order valence-corrected chi connectivity index (χ1v) is 8.43. The molecule has 1 aliphatic carbocycles. The van der Waals surface area contributed by atoms with Crippen LogP contribution in [0.4, 0.5) is 0 Å². The van der Waals surface area contributed by atoms with Gasteiger partial charge in [-0.2, -0.15) is 0 Å². The highest BCUT2D eigenvalue weighted by Gasteiger charge is 2.37. The van der Waals surface area contributed by atoms with Crippen LogP contribution in [0.1, 0.15) is 32.6 Å². The van der Waals surface area contributed by atoms with E-state index in [9.17, 15) is 8.42 Å². The largest absolute Gasteiger partial charge is 0.330 e. The predicted octanol–water partition coefficient (Wildman–Crippen LogP) is 0.624. The van der Waals surface area contributed by atoms with Crippen molar-refractivity contribution in [3.05, 3.63) is 0 Å². The summed E-state index contributed by atoms with van der Waals surface area (Å²) < 4.78 is 23.1. The molecule has 1 aliphatic heterocycles. The maximum Gasteiger partial charge on any atom is 0.153 e. The molecular formula is C12H24N2O2S. The van der Waals surface area contributed by atoms with Gasteiger partial charge in [0.1, 0.15) is 0 Å². The van der Waals surface area contributed by atoms with Crippen molar-refractivity contribution in [2.75, 3.05) is 31.1 Å². The molecule has 1 unspecified atom stereocenters. The van der Waals surface area contributed by atoms with Crippen LogP contribution in [0.25, 0.3) is 0 Å². The molecular weight excluding hydrogens is 236 g/mol. The van der Waals surface area contributed by atoms with Gasteiger partial charge >= 0.3 is 0 Å². The Balaban J connectivity index is 1.99. The highest BCUT2D eigenvalue weighted by molar-refractivity contribution is 7.91. The third-order valence-corrected chi connectivity index (χ3v) is 6.24. The lowest BCUT2D eigenvalue weighted by Gasteiger charge is -2.40. The Hall–Kier alpha value is -0.130. The standard InChI is InChI=1S/C12H24N2O2S/c1-11-8-17(15,16)7-6-14(11)10-12(9-13)4-2-3-5-12/h11H,2-10,13H2,1H3. The molecule has 2 rings (SSSR count). The zero-order chi connectivity index (χ0) is 12.5. The highest BCUT2D eigenvalue weighted by atomic mass is 32.2. The molecule has 1 saturated carbocycles. The molecule has 0 aromatic carbocycles. The summed E-state index contributed by atoms with van der Waals surface area (Å²) in [5.74, 6) is 0.631. The minimum Gasteiger partial charge on any atom is -0.330 e. The van der Waals surface area contributed by atoms with Crippen LogP contribution < -0.4 is 5.73 Å². The molecule has 1 heterocycles. The summed E-state index contributed by atoms with van der Waals surface area (Å²) in [6, 6.07) is 0.151. The van der Waals surface area contributed by atoms with Gasteiger partial charge in [-0.3, -0.25) is 4.90 Å². The van der Waals surface area contributed by atoms with Crippen molar-refractivity contribution in [2.45, 2.75) is 38.6 Å². The third-order valence-electron chi connectivity index (χ3n) is 4.44. The molecule has 17 heavy (non-hydrogen) atoms. The smallest absolute Gasteiger partial charge is 0.153 e. The summed E-state index contributed by atoms with van der Waals surface area (Å²) in [4.78, 5) is 2.33. The number of rotatable bonds is 3. The Morgan fingerprint density at radius 3 is 2.53 bits per heavy atom. The topological polar surface area (TPSA) is 63.4 Å². The predicted molar refractivity (Wildman–Crippen MR) is 69.6 cm³/mol. The van der Waals surface area contributed by atoms with Gasteiger partial charge in [0.15, 0.2) is 9.84 Å². The van der Waals surface area contributed by atoms with E-state index in [-0.39, 0.29) is 11.5 Å². The maximum atomic E-state index is 11.5. The highest BCUT2D eigenvalue weighted by Crippen LogP contribution is 2.38. The van der Waals surface area contributed by atoms with Crippen LogP contribution in [0.2, 0.25) is 0 Å². The van der Waals surface area contributed by atoms with E-state index < -0.39 is 9.84 Å². The third kappa shape index (κ3) is 3.01. The zero-order valence-corrected chi connectivity index (χ0v) is 11.5. The lowest BCUT2D eigenvalue weighted by atomic mass is 9.85. The van der Waals surface area contributed by atoms with E-state index in [1.165, 1.54) is 25.7 Å². The molecule has 0 bridgehead atoms. The van der Waals surface area contributed by atoms with Crippen LogP contribution in [0.15, 0.2) is 0 Å². The lowest BCUT2D eigenvalue weighted by Crippen LogP contribution is -2.52. The zero-order valence-electron chi connectivity index (χ0n) is 10.7. The van der Waals surface area contributed by atoms with Gasteiger partial charge in [0.05, 0.1) is 11.5 Å². The summed E-state index contributed by atoms with van der Waals surface area (Å²) in [5, 5.41) is 0. The van der Waals surface area contributed by atoms with E-state index in [1.54, 1.807) is 0 Å². The van der Waals surface area contributed by atoms with E-state index in [0.29, 0.717) is 18.1 Å². The molecule has 100 valence electrons. The van der Waals surface area contributed by atoms with E-state index in [1.807, 2.05) is 6.92 Å². The molecule has 0 spiro atoms. The van der Waals surface area contributed by atoms with E-state index >= 15 is 0 Å². The van der Waals surface area contributed by atoms with Gasteiger partial charge in [0.2, 0.25) is 0 Å². The molecule has 2 aliphatic rings. The SMILES string of the molecule is CC1CS(=O)(=O)CCN1CC1(CN)CCCC1. The van der Waals surface area contributed by atoms with Crippen molar-refractivity contribution in [3.63, 3.8) is 0 Å². The molecule has 5 heteroatoms.